The monoisotopic (exact) mass is 295 g/mol. The maximum absolute atomic E-state index is 4.40. The SMILES string of the molecule is CC(NC(c1ccccc1)c1ccncc1)c1nccs1. The first-order chi connectivity index (χ1) is 10.3. The van der Waals surface area contributed by atoms with E-state index in [-0.39, 0.29) is 12.1 Å². The second-order valence-corrected chi connectivity index (χ2v) is 5.81. The van der Waals surface area contributed by atoms with Gasteiger partial charge in [0.25, 0.3) is 0 Å². The van der Waals surface area contributed by atoms with Crippen LogP contribution in [0.2, 0.25) is 0 Å². The molecule has 0 fully saturated rings. The fourth-order valence-corrected chi connectivity index (χ4v) is 3.01. The number of benzene rings is 1. The Bertz CT molecular complexity index is 614. The van der Waals surface area contributed by atoms with Crippen molar-refractivity contribution in [1.82, 2.24) is 15.3 Å². The maximum atomic E-state index is 4.40. The van der Waals surface area contributed by atoms with Crippen LogP contribution in [0.1, 0.15) is 35.1 Å². The summed E-state index contributed by atoms with van der Waals surface area (Å²) < 4.78 is 0. The van der Waals surface area contributed by atoms with Crippen LogP contribution in [-0.4, -0.2) is 9.97 Å². The quantitative estimate of drug-likeness (QED) is 0.773. The molecule has 1 N–H and O–H groups in total. The summed E-state index contributed by atoms with van der Waals surface area (Å²) in [5.74, 6) is 0. The molecule has 2 aromatic heterocycles. The molecular weight excluding hydrogens is 278 g/mol. The van der Waals surface area contributed by atoms with Crippen LogP contribution < -0.4 is 5.32 Å². The first-order valence-corrected chi connectivity index (χ1v) is 7.83. The minimum absolute atomic E-state index is 0.132. The lowest BCUT2D eigenvalue weighted by Gasteiger charge is -2.23. The van der Waals surface area contributed by atoms with Crippen molar-refractivity contribution < 1.29 is 0 Å². The van der Waals surface area contributed by atoms with Gasteiger partial charge in [-0.05, 0) is 30.2 Å². The van der Waals surface area contributed by atoms with Gasteiger partial charge in [-0.2, -0.15) is 0 Å². The first-order valence-electron chi connectivity index (χ1n) is 6.95. The van der Waals surface area contributed by atoms with Gasteiger partial charge in [-0.25, -0.2) is 4.98 Å². The molecule has 0 aliphatic rings. The number of hydrogen-bond acceptors (Lipinski definition) is 4. The molecular formula is C17H17N3S. The highest BCUT2D eigenvalue weighted by Crippen LogP contribution is 2.26. The molecule has 0 bridgehead atoms. The molecule has 0 amide bonds. The van der Waals surface area contributed by atoms with Gasteiger partial charge >= 0.3 is 0 Å². The Morgan fingerprint density at radius 3 is 2.33 bits per heavy atom. The van der Waals surface area contributed by atoms with Gasteiger partial charge in [0.1, 0.15) is 5.01 Å². The number of rotatable bonds is 5. The van der Waals surface area contributed by atoms with Crippen molar-refractivity contribution in [2.75, 3.05) is 0 Å². The van der Waals surface area contributed by atoms with E-state index in [1.165, 1.54) is 11.1 Å². The van der Waals surface area contributed by atoms with Crippen molar-refractivity contribution in [3.8, 4) is 0 Å². The van der Waals surface area contributed by atoms with E-state index in [0.717, 1.165) is 5.01 Å². The lowest BCUT2D eigenvalue weighted by molar-refractivity contribution is 0.514. The van der Waals surface area contributed by atoms with Crippen LogP contribution >= 0.6 is 11.3 Å². The van der Waals surface area contributed by atoms with Gasteiger partial charge in [0.15, 0.2) is 0 Å². The van der Waals surface area contributed by atoms with E-state index in [2.05, 4.69) is 58.6 Å². The molecule has 0 radical (unpaired) electrons. The smallest absolute Gasteiger partial charge is 0.109 e. The van der Waals surface area contributed by atoms with Gasteiger partial charge in [-0.1, -0.05) is 30.3 Å². The predicted molar refractivity (Wildman–Crippen MR) is 86.2 cm³/mol. The van der Waals surface area contributed by atoms with Crippen LogP contribution in [0.3, 0.4) is 0 Å². The van der Waals surface area contributed by atoms with E-state index in [0.29, 0.717) is 0 Å². The van der Waals surface area contributed by atoms with E-state index in [4.69, 9.17) is 0 Å². The van der Waals surface area contributed by atoms with Crippen molar-refractivity contribution in [2.45, 2.75) is 19.0 Å². The molecule has 4 heteroatoms. The molecule has 0 aliphatic heterocycles. The van der Waals surface area contributed by atoms with Crippen LogP contribution in [-0.2, 0) is 0 Å². The molecule has 0 saturated carbocycles. The summed E-state index contributed by atoms with van der Waals surface area (Å²) >= 11 is 1.68. The molecule has 0 aliphatic carbocycles. The van der Waals surface area contributed by atoms with Crippen LogP contribution in [0, 0.1) is 0 Å². The van der Waals surface area contributed by atoms with Crippen molar-refractivity contribution in [2.24, 2.45) is 0 Å². The van der Waals surface area contributed by atoms with Gasteiger partial charge in [0.05, 0.1) is 12.1 Å². The molecule has 1 aromatic carbocycles. The Labute approximate surface area is 128 Å². The second kappa shape index (κ2) is 6.61. The molecule has 2 unspecified atom stereocenters. The zero-order valence-electron chi connectivity index (χ0n) is 11.8. The molecule has 2 heterocycles. The van der Waals surface area contributed by atoms with Gasteiger partial charge in [-0.15, -0.1) is 11.3 Å². The fourth-order valence-electron chi connectivity index (χ4n) is 2.36. The Balaban J connectivity index is 1.90. The third kappa shape index (κ3) is 3.35. The standard InChI is InChI=1S/C17H17N3S/c1-13(17-19-11-12-21-17)20-16(14-5-3-2-4-6-14)15-7-9-18-10-8-15/h2-13,16,20H,1H3. The number of aromatic nitrogens is 2. The van der Waals surface area contributed by atoms with E-state index in [1.54, 1.807) is 11.3 Å². The number of pyridine rings is 1. The number of thiazole rings is 1. The van der Waals surface area contributed by atoms with E-state index < -0.39 is 0 Å². The van der Waals surface area contributed by atoms with Gasteiger partial charge in [-0.3, -0.25) is 10.3 Å². The highest BCUT2D eigenvalue weighted by atomic mass is 32.1. The van der Waals surface area contributed by atoms with E-state index in [9.17, 15) is 0 Å². The second-order valence-electron chi connectivity index (χ2n) is 4.88. The Morgan fingerprint density at radius 1 is 0.952 bits per heavy atom. The Morgan fingerprint density at radius 2 is 1.67 bits per heavy atom. The van der Waals surface area contributed by atoms with Crippen molar-refractivity contribution in [3.05, 3.63) is 82.6 Å². The lowest BCUT2D eigenvalue weighted by atomic mass is 9.99. The Kier molecular flexibility index (Phi) is 4.38. The highest BCUT2D eigenvalue weighted by Gasteiger charge is 2.18. The molecule has 0 spiro atoms. The van der Waals surface area contributed by atoms with Gasteiger partial charge < -0.3 is 0 Å². The summed E-state index contributed by atoms with van der Waals surface area (Å²) in [5, 5.41) is 6.79. The summed E-state index contributed by atoms with van der Waals surface area (Å²) in [6, 6.07) is 14.9. The first kappa shape index (κ1) is 13.9. The zero-order valence-corrected chi connectivity index (χ0v) is 12.6. The van der Waals surface area contributed by atoms with Crippen molar-refractivity contribution in [3.63, 3.8) is 0 Å². The third-order valence-electron chi connectivity index (χ3n) is 3.41. The average Bonchev–Trinajstić information content (AvgIpc) is 3.09. The summed E-state index contributed by atoms with van der Waals surface area (Å²) in [6.45, 7) is 2.15. The molecule has 2 atom stereocenters. The highest BCUT2D eigenvalue weighted by molar-refractivity contribution is 7.09. The molecule has 3 aromatic rings. The van der Waals surface area contributed by atoms with Crippen LogP contribution in [0.25, 0.3) is 0 Å². The topological polar surface area (TPSA) is 37.8 Å². The molecule has 3 nitrogen and oxygen atoms in total. The zero-order chi connectivity index (χ0) is 14.5. The van der Waals surface area contributed by atoms with Crippen LogP contribution in [0.5, 0.6) is 0 Å². The van der Waals surface area contributed by atoms with E-state index in [1.807, 2.05) is 30.0 Å². The number of hydrogen-bond donors (Lipinski definition) is 1. The van der Waals surface area contributed by atoms with Crippen LogP contribution in [0.4, 0.5) is 0 Å². The van der Waals surface area contributed by atoms with Crippen molar-refractivity contribution >= 4 is 11.3 Å². The molecule has 21 heavy (non-hydrogen) atoms. The largest absolute Gasteiger partial charge is 0.297 e. The number of nitrogens with zero attached hydrogens (tertiary/aromatic N) is 2. The van der Waals surface area contributed by atoms with Crippen molar-refractivity contribution in [1.29, 1.82) is 0 Å². The summed E-state index contributed by atoms with van der Waals surface area (Å²) in [6.07, 6.45) is 5.52. The summed E-state index contributed by atoms with van der Waals surface area (Å²) in [5.41, 5.74) is 2.45. The average molecular weight is 295 g/mol. The van der Waals surface area contributed by atoms with Gasteiger partial charge in [0.2, 0.25) is 0 Å². The summed E-state index contributed by atoms with van der Waals surface area (Å²) in [7, 11) is 0. The van der Waals surface area contributed by atoms with Crippen LogP contribution in [0.15, 0.2) is 66.4 Å². The number of nitrogens with one attached hydrogen (secondary N) is 1. The lowest BCUT2D eigenvalue weighted by Crippen LogP contribution is -2.25. The predicted octanol–water partition coefficient (Wildman–Crippen LogP) is 3.98. The van der Waals surface area contributed by atoms with Gasteiger partial charge in [0, 0.05) is 24.0 Å². The Hall–Kier alpha value is -2.04. The molecule has 106 valence electrons. The third-order valence-corrected chi connectivity index (χ3v) is 4.37. The fraction of sp³-hybridized carbons (Fsp3) is 0.176. The minimum Gasteiger partial charge on any atom is -0.297 e. The summed E-state index contributed by atoms with van der Waals surface area (Å²) in [4.78, 5) is 8.51. The minimum atomic E-state index is 0.132. The molecule has 0 saturated heterocycles. The normalized spacial score (nSPS) is 13.8. The van der Waals surface area contributed by atoms with E-state index >= 15 is 0 Å². The maximum Gasteiger partial charge on any atom is 0.109 e. The molecule has 3 rings (SSSR count).